The maximum atomic E-state index is 3.59. The van der Waals surface area contributed by atoms with Crippen LogP contribution in [0.15, 0.2) is 28.7 Å². The fraction of sp³-hybridized carbons (Fsp3) is 0.375. The lowest BCUT2D eigenvalue weighted by atomic mass is 10.0. The molecule has 2 heteroatoms. The Balaban J connectivity index is 2.30. The minimum atomic E-state index is 0.676. The molecule has 0 amide bonds. The van der Waals surface area contributed by atoms with Gasteiger partial charge < -0.3 is 4.57 Å². The first-order valence-electron chi connectivity index (χ1n) is 6.64. The Bertz CT molecular complexity index is 620. The summed E-state index contributed by atoms with van der Waals surface area (Å²) < 4.78 is 3.68. The fourth-order valence-electron chi connectivity index (χ4n) is 2.85. The van der Waals surface area contributed by atoms with E-state index in [4.69, 9.17) is 0 Å². The SMILES string of the molecule is CC(C)Cn1c2c(c3ccc(Br)cc31)C=CCC2. The molecule has 18 heavy (non-hydrogen) atoms. The van der Waals surface area contributed by atoms with Gasteiger partial charge in [0.25, 0.3) is 0 Å². The summed E-state index contributed by atoms with van der Waals surface area (Å²) in [5, 5.41) is 1.39. The molecule has 0 aliphatic heterocycles. The van der Waals surface area contributed by atoms with Crippen LogP contribution in [0, 0.1) is 5.92 Å². The maximum absolute atomic E-state index is 3.59. The topological polar surface area (TPSA) is 4.93 Å². The monoisotopic (exact) mass is 303 g/mol. The summed E-state index contributed by atoms with van der Waals surface area (Å²) in [6, 6.07) is 6.64. The predicted molar refractivity (Wildman–Crippen MR) is 81.8 cm³/mol. The highest BCUT2D eigenvalue weighted by atomic mass is 79.9. The molecule has 0 saturated heterocycles. The van der Waals surface area contributed by atoms with Gasteiger partial charge in [0.05, 0.1) is 0 Å². The van der Waals surface area contributed by atoms with E-state index in [1.54, 1.807) is 0 Å². The van der Waals surface area contributed by atoms with Crippen molar-refractivity contribution in [2.24, 2.45) is 5.92 Å². The number of hydrogen-bond donors (Lipinski definition) is 0. The zero-order chi connectivity index (χ0) is 12.7. The highest BCUT2D eigenvalue weighted by molar-refractivity contribution is 9.10. The van der Waals surface area contributed by atoms with E-state index in [0.717, 1.165) is 6.54 Å². The van der Waals surface area contributed by atoms with Crippen LogP contribution >= 0.6 is 15.9 Å². The van der Waals surface area contributed by atoms with E-state index in [-0.39, 0.29) is 0 Å². The van der Waals surface area contributed by atoms with Crippen LogP contribution in [0.3, 0.4) is 0 Å². The third-order valence-corrected chi connectivity index (χ3v) is 4.05. The van der Waals surface area contributed by atoms with Crippen LogP contribution in [0.2, 0.25) is 0 Å². The molecule has 1 heterocycles. The van der Waals surface area contributed by atoms with Crippen molar-refractivity contribution in [1.29, 1.82) is 0 Å². The lowest BCUT2D eigenvalue weighted by Gasteiger charge is -2.15. The van der Waals surface area contributed by atoms with Gasteiger partial charge in [0, 0.05) is 33.2 Å². The quantitative estimate of drug-likeness (QED) is 0.734. The minimum absolute atomic E-state index is 0.676. The van der Waals surface area contributed by atoms with Gasteiger partial charge in [-0.05, 0) is 30.9 Å². The number of halogens is 1. The summed E-state index contributed by atoms with van der Waals surface area (Å²) in [6.45, 7) is 5.68. The normalized spacial score (nSPS) is 14.4. The fourth-order valence-corrected chi connectivity index (χ4v) is 3.20. The molecule has 1 aromatic carbocycles. The summed E-state index contributed by atoms with van der Waals surface area (Å²) in [5.41, 5.74) is 4.32. The summed E-state index contributed by atoms with van der Waals surface area (Å²) in [6.07, 6.45) is 6.93. The van der Waals surface area contributed by atoms with Crippen molar-refractivity contribution in [2.75, 3.05) is 0 Å². The second kappa shape index (κ2) is 4.58. The number of fused-ring (bicyclic) bond motifs is 3. The molecular formula is C16H18BrN. The molecule has 0 unspecified atom stereocenters. The molecule has 94 valence electrons. The molecule has 1 aliphatic rings. The molecule has 1 nitrogen and oxygen atoms in total. The van der Waals surface area contributed by atoms with Crippen molar-refractivity contribution in [3.63, 3.8) is 0 Å². The van der Waals surface area contributed by atoms with Gasteiger partial charge >= 0.3 is 0 Å². The van der Waals surface area contributed by atoms with E-state index in [2.05, 4.69) is 64.7 Å². The van der Waals surface area contributed by atoms with Crippen molar-refractivity contribution < 1.29 is 0 Å². The van der Waals surface area contributed by atoms with Gasteiger partial charge in [0.15, 0.2) is 0 Å². The third-order valence-electron chi connectivity index (χ3n) is 3.56. The van der Waals surface area contributed by atoms with E-state index in [0.29, 0.717) is 5.92 Å². The van der Waals surface area contributed by atoms with E-state index in [1.165, 1.54) is 39.5 Å². The first-order chi connectivity index (χ1) is 8.66. The Kier molecular flexibility index (Phi) is 3.06. The van der Waals surface area contributed by atoms with Crippen LogP contribution in [-0.2, 0) is 13.0 Å². The highest BCUT2D eigenvalue weighted by Gasteiger charge is 2.17. The maximum Gasteiger partial charge on any atom is 0.0500 e. The molecule has 0 atom stereocenters. The molecule has 0 N–H and O–H groups in total. The van der Waals surface area contributed by atoms with Crippen LogP contribution in [0.1, 0.15) is 31.5 Å². The van der Waals surface area contributed by atoms with Gasteiger partial charge in [0.1, 0.15) is 0 Å². The average molecular weight is 304 g/mol. The molecule has 1 aliphatic carbocycles. The van der Waals surface area contributed by atoms with Gasteiger partial charge in [-0.25, -0.2) is 0 Å². The Morgan fingerprint density at radius 1 is 1.33 bits per heavy atom. The summed E-state index contributed by atoms with van der Waals surface area (Å²) in [4.78, 5) is 0. The Hall–Kier alpha value is -1.02. The number of allylic oxidation sites excluding steroid dienone is 1. The Morgan fingerprint density at radius 3 is 2.94 bits per heavy atom. The van der Waals surface area contributed by atoms with Crippen molar-refractivity contribution in [3.05, 3.63) is 40.0 Å². The molecule has 0 radical (unpaired) electrons. The van der Waals surface area contributed by atoms with Gasteiger partial charge in [-0.15, -0.1) is 0 Å². The summed E-state index contributed by atoms with van der Waals surface area (Å²) >= 11 is 3.59. The molecule has 1 aromatic heterocycles. The van der Waals surface area contributed by atoms with E-state index >= 15 is 0 Å². The second-order valence-corrected chi connectivity index (χ2v) is 6.38. The van der Waals surface area contributed by atoms with Gasteiger partial charge in [-0.1, -0.05) is 48.0 Å². The standard InChI is InChI=1S/C16H18BrN/c1-11(2)10-18-15-6-4-3-5-13(15)14-8-7-12(17)9-16(14)18/h3,5,7-9,11H,4,6,10H2,1-2H3. The van der Waals surface area contributed by atoms with E-state index in [1.807, 2.05) is 0 Å². The zero-order valence-corrected chi connectivity index (χ0v) is 12.5. The second-order valence-electron chi connectivity index (χ2n) is 5.47. The zero-order valence-electron chi connectivity index (χ0n) is 10.9. The molecule has 0 bridgehead atoms. The van der Waals surface area contributed by atoms with Crippen molar-refractivity contribution in [1.82, 2.24) is 4.57 Å². The van der Waals surface area contributed by atoms with Gasteiger partial charge in [-0.2, -0.15) is 0 Å². The summed E-state index contributed by atoms with van der Waals surface area (Å²) in [7, 11) is 0. The smallest absolute Gasteiger partial charge is 0.0500 e. The largest absolute Gasteiger partial charge is 0.344 e. The van der Waals surface area contributed by atoms with Gasteiger partial charge in [0.2, 0.25) is 0 Å². The lowest BCUT2D eigenvalue weighted by Crippen LogP contribution is -2.09. The number of benzene rings is 1. The van der Waals surface area contributed by atoms with Crippen LogP contribution in [0.4, 0.5) is 0 Å². The first-order valence-corrected chi connectivity index (χ1v) is 7.43. The molecule has 0 fully saturated rings. The third kappa shape index (κ3) is 1.93. The van der Waals surface area contributed by atoms with Crippen LogP contribution < -0.4 is 0 Å². The first kappa shape index (κ1) is 12.0. The van der Waals surface area contributed by atoms with Crippen LogP contribution in [0.5, 0.6) is 0 Å². The van der Waals surface area contributed by atoms with Crippen molar-refractivity contribution >= 4 is 32.9 Å². The van der Waals surface area contributed by atoms with E-state index in [9.17, 15) is 0 Å². The Labute approximate surface area is 117 Å². The average Bonchev–Trinajstić information content (AvgIpc) is 2.63. The molecule has 0 saturated carbocycles. The molecule has 2 aromatic rings. The highest BCUT2D eigenvalue weighted by Crippen LogP contribution is 2.33. The number of rotatable bonds is 2. The number of nitrogens with zero attached hydrogens (tertiary/aromatic N) is 1. The lowest BCUT2D eigenvalue weighted by molar-refractivity contribution is 0.521. The van der Waals surface area contributed by atoms with Gasteiger partial charge in [-0.3, -0.25) is 0 Å². The van der Waals surface area contributed by atoms with Crippen molar-refractivity contribution in [2.45, 2.75) is 33.2 Å². The molecular weight excluding hydrogens is 286 g/mol. The Morgan fingerprint density at radius 2 is 2.17 bits per heavy atom. The predicted octanol–water partition coefficient (Wildman–Crippen LogP) is 5.02. The summed E-state index contributed by atoms with van der Waals surface area (Å²) in [5.74, 6) is 0.676. The molecule has 0 spiro atoms. The molecule has 3 rings (SSSR count). The van der Waals surface area contributed by atoms with Crippen LogP contribution in [-0.4, -0.2) is 4.57 Å². The number of hydrogen-bond acceptors (Lipinski definition) is 0. The van der Waals surface area contributed by atoms with Crippen LogP contribution in [0.25, 0.3) is 17.0 Å². The van der Waals surface area contributed by atoms with E-state index < -0.39 is 0 Å². The minimum Gasteiger partial charge on any atom is -0.344 e. The number of aromatic nitrogens is 1. The van der Waals surface area contributed by atoms with Crippen molar-refractivity contribution in [3.8, 4) is 0 Å².